The number of nitriles is 1. The van der Waals surface area contributed by atoms with E-state index in [1.807, 2.05) is 37.6 Å². The van der Waals surface area contributed by atoms with E-state index >= 15 is 0 Å². The number of rotatable bonds is 6. The second kappa shape index (κ2) is 9.98. The lowest BCUT2D eigenvalue weighted by Gasteiger charge is -2.16. The van der Waals surface area contributed by atoms with E-state index in [4.69, 9.17) is 10.00 Å². The summed E-state index contributed by atoms with van der Waals surface area (Å²) in [7, 11) is -4.21. The van der Waals surface area contributed by atoms with Gasteiger partial charge < -0.3 is 4.74 Å². The van der Waals surface area contributed by atoms with Gasteiger partial charge in [0.05, 0.1) is 17.3 Å². The molecule has 4 aromatic rings. The Labute approximate surface area is 209 Å². The average molecular weight is 499 g/mol. The van der Waals surface area contributed by atoms with Gasteiger partial charge >= 0.3 is 0 Å². The zero-order chi connectivity index (χ0) is 25.9. The summed E-state index contributed by atoms with van der Waals surface area (Å²) in [5.41, 5.74) is 4.35. The maximum atomic E-state index is 13.1. The first-order valence-corrected chi connectivity index (χ1v) is 12.4. The summed E-state index contributed by atoms with van der Waals surface area (Å²) in [5, 5.41) is 8.78. The molecule has 0 saturated carbocycles. The molecule has 0 unspecified atom stereocenters. The Morgan fingerprint density at radius 1 is 0.972 bits per heavy atom. The zero-order valence-corrected chi connectivity index (χ0v) is 20.6. The lowest BCUT2D eigenvalue weighted by atomic mass is 10.1. The molecule has 0 bridgehead atoms. The second-order valence-electron chi connectivity index (χ2n) is 8.17. The number of ether oxygens (including phenoxy) is 1. The summed E-state index contributed by atoms with van der Waals surface area (Å²) >= 11 is 0. The average Bonchev–Trinajstić information content (AvgIpc) is 2.86. The van der Waals surface area contributed by atoms with E-state index < -0.39 is 15.9 Å². The number of benzene rings is 2. The number of hydrogen-bond donors (Lipinski definition) is 1. The van der Waals surface area contributed by atoms with Crippen molar-refractivity contribution in [2.24, 2.45) is 0 Å². The molecule has 180 valence electrons. The number of nitrogens with zero attached hydrogens (tertiary/aromatic N) is 3. The van der Waals surface area contributed by atoms with Crippen LogP contribution in [0.5, 0.6) is 11.6 Å². The fourth-order valence-corrected chi connectivity index (χ4v) is 4.64. The molecule has 0 aliphatic carbocycles. The summed E-state index contributed by atoms with van der Waals surface area (Å²) in [6.45, 7) is 5.73. The van der Waals surface area contributed by atoms with E-state index in [1.165, 1.54) is 24.4 Å². The van der Waals surface area contributed by atoms with Crippen LogP contribution in [0.1, 0.15) is 32.6 Å². The molecule has 0 aliphatic heterocycles. The van der Waals surface area contributed by atoms with Gasteiger partial charge in [-0.3, -0.25) is 4.79 Å². The molecule has 2 heterocycles. The molecule has 0 saturated heterocycles. The topological polar surface area (TPSA) is 122 Å². The van der Waals surface area contributed by atoms with E-state index in [0.717, 1.165) is 16.7 Å². The predicted octanol–water partition coefficient (Wildman–Crippen LogP) is 4.85. The lowest BCUT2D eigenvalue weighted by Crippen LogP contribution is -2.31. The fourth-order valence-electron chi connectivity index (χ4n) is 3.73. The molecule has 0 radical (unpaired) electrons. The number of aromatic nitrogens is 2. The Balaban J connectivity index is 1.77. The van der Waals surface area contributed by atoms with Crippen molar-refractivity contribution >= 4 is 15.9 Å². The van der Waals surface area contributed by atoms with Crippen LogP contribution in [0, 0.1) is 32.1 Å². The second-order valence-corrected chi connectivity index (χ2v) is 9.80. The minimum Gasteiger partial charge on any atom is -0.438 e. The van der Waals surface area contributed by atoms with Crippen molar-refractivity contribution in [1.82, 2.24) is 14.7 Å². The van der Waals surface area contributed by atoms with E-state index in [0.29, 0.717) is 22.6 Å². The molecule has 1 amide bonds. The van der Waals surface area contributed by atoms with Gasteiger partial charge in [0.15, 0.2) is 5.03 Å². The summed E-state index contributed by atoms with van der Waals surface area (Å²) in [6, 6.07) is 20.2. The number of aryl methyl sites for hydroxylation is 3. The Bertz CT molecular complexity index is 1570. The summed E-state index contributed by atoms with van der Waals surface area (Å²) in [4.78, 5) is 21.5. The molecule has 2 aromatic carbocycles. The van der Waals surface area contributed by atoms with Crippen molar-refractivity contribution in [3.05, 3.63) is 101 Å². The minimum atomic E-state index is -4.21. The monoisotopic (exact) mass is 498 g/mol. The van der Waals surface area contributed by atoms with Gasteiger partial charge in [-0.2, -0.15) is 13.7 Å². The SMILES string of the molecule is Cc1cc(C)c(Oc2nc(-c3ccc(C#N)cc3)ccc2C(=O)NS(=O)(=O)c2ccccn2)c(C)c1. The van der Waals surface area contributed by atoms with Crippen molar-refractivity contribution in [2.75, 3.05) is 0 Å². The first-order valence-electron chi connectivity index (χ1n) is 10.9. The molecule has 4 rings (SSSR count). The molecule has 36 heavy (non-hydrogen) atoms. The molecule has 0 atom stereocenters. The van der Waals surface area contributed by atoms with Crippen LogP contribution >= 0.6 is 0 Å². The number of pyridine rings is 2. The largest absolute Gasteiger partial charge is 0.438 e. The van der Waals surface area contributed by atoms with Crippen molar-refractivity contribution in [2.45, 2.75) is 25.8 Å². The van der Waals surface area contributed by atoms with Crippen molar-refractivity contribution in [3.8, 4) is 29.0 Å². The molecular weight excluding hydrogens is 476 g/mol. The highest BCUT2D eigenvalue weighted by molar-refractivity contribution is 7.90. The number of sulfonamides is 1. The predicted molar refractivity (Wildman–Crippen MR) is 134 cm³/mol. The zero-order valence-electron chi connectivity index (χ0n) is 19.8. The third-order valence-electron chi connectivity index (χ3n) is 5.36. The maximum absolute atomic E-state index is 13.1. The third-order valence-corrected chi connectivity index (χ3v) is 6.60. The normalized spacial score (nSPS) is 10.9. The third kappa shape index (κ3) is 5.24. The Kier molecular flexibility index (Phi) is 6.81. The molecule has 0 fully saturated rings. The van der Waals surface area contributed by atoms with Crippen LogP contribution in [-0.2, 0) is 10.0 Å². The summed E-state index contributed by atoms with van der Waals surface area (Å²) in [5.74, 6) is -0.440. The fraction of sp³-hybridized carbons (Fsp3) is 0.111. The van der Waals surface area contributed by atoms with Crippen LogP contribution in [0.4, 0.5) is 0 Å². The Hall–Kier alpha value is -4.55. The maximum Gasteiger partial charge on any atom is 0.281 e. The van der Waals surface area contributed by atoms with Crippen LogP contribution in [-0.4, -0.2) is 24.3 Å². The van der Waals surface area contributed by atoms with Crippen LogP contribution in [0.15, 0.2) is 78.0 Å². The van der Waals surface area contributed by atoms with Crippen molar-refractivity contribution in [3.63, 3.8) is 0 Å². The highest BCUT2D eigenvalue weighted by Gasteiger charge is 2.24. The van der Waals surface area contributed by atoms with Crippen molar-refractivity contribution < 1.29 is 17.9 Å². The molecule has 2 aromatic heterocycles. The highest BCUT2D eigenvalue weighted by Crippen LogP contribution is 2.32. The summed E-state index contributed by atoms with van der Waals surface area (Å²) < 4.78 is 33.6. The standard InChI is InChI=1S/C27H22N4O4S/c1-17-14-18(2)25(19(3)15-17)35-27-22(26(32)31-36(33,34)24-6-4-5-13-29-24)11-12-23(30-27)21-9-7-20(16-28)8-10-21/h4-15H,1-3H3,(H,31,32). The lowest BCUT2D eigenvalue weighted by molar-refractivity contribution is 0.0978. The summed E-state index contributed by atoms with van der Waals surface area (Å²) in [6.07, 6.45) is 1.32. The minimum absolute atomic E-state index is 0.0550. The molecular formula is C27H22N4O4S. The quantitative estimate of drug-likeness (QED) is 0.403. The van der Waals surface area contributed by atoms with E-state index in [-0.39, 0.29) is 16.5 Å². The van der Waals surface area contributed by atoms with Gasteiger partial charge in [-0.15, -0.1) is 0 Å². The number of nitrogens with one attached hydrogen (secondary N) is 1. The number of carbonyl (C=O) groups excluding carboxylic acids is 1. The van der Waals surface area contributed by atoms with E-state index in [1.54, 1.807) is 36.4 Å². The highest BCUT2D eigenvalue weighted by atomic mass is 32.2. The van der Waals surface area contributed by atoms with Crippen LogP contribution < -0.4 is 9.46 Å². The van der Waals surface area contributed by atoms with Crippen LogP contribution in [0.25, 0.3) is 11.3 Å². The smallest absolute Gasteiger partial charge is 0.281 e. The van der Waals surface area contributed by atoms with Gasteiger partial charge in [0.2, 0.25) is 5.88 Å². The van der Waals surface area contributed by atoms with Gasteiger partial charge in [0.25, 0.3) is 15.9 Å². The molecule has 1 N–H and O–H groups in total. The molecule has 0 spiro atoms. The van der Waals surface area contributed by atoms with Gasteiger partial charge in [0, 0.05) is 11.8 Å². The van der Waals surface area contributed by atoms with Crippen molar-refractivity contribution in [1.29, 1.82) is 5.26 Å². The Morgan fingerprint density at radius 3 is 2.28 bits per heavy atom. The number of carbonyl (C=O) groups is 1. The van der Waals surface area contributed by atoms with Gasteiger partial charge in [-0.05, 0) is 68.3 Å². The van der Waals surface area contributed by atoms with Crippen LogP contribution in [0.2, 0.25) is 0 Å². The van der Waals surface area contributed by atoms with Gasteiger partial charge in [0.1, 0.15) is 11.3 Å². The van der Waals surface area contributed by atoms with E-state index in [2.05, 4.69) is 16.0 Å². The first-order chi connectivity index (χ1) is 17.2. The van der Waals surface area contributed by atoms with Crippen LogP contribution in [0.3, 0.4) is 0 Å². The molecule has 9 heteroatoms. The number of amides is 1. The first kappa shape index (κ1) is 24.6. The molecule has 0 aliphatic rings. The number of hydrogen-bond acceptors (Lipinski definition) is 7. The van der Waals surface area contributed by atoms with E-state index in [9.17, 15) is 13.2 Å². The van der Waals surface area contributed by atoms with Gasteiger partial charge in [-0.1, -0.05) is 35.9 Å². The molecule has 8 nitrogen and oxygen atoms in total. The Morgan fingerprint density at radius 2 is 1.67 bits per heavy atom. The van der Waals surface area contributed by atoms with Gasteiger partial charge in [-0.25, -0.2) is 14.7 Å².